The van der Waals surface area contributed by atoms with Gasteiger partial charge >= 0.3 is 7.60 Å². The molecule has 1 heterocycles. The molecule has 0 aromatic heterocycles. The molecule has 1 aliphatic heterocycles. The number of ether oxygens (including phenoxy) is 2. The third-order valence-electron chi connectivity index (χ3n) is 7.94. The first-order valence-electron chi connectivity index (χ1n) is 14.5. The van der Waals surface area contributed by atoms with Crippen molar-refractivity contribution in [1.82, 2.24) is 0 Å². The van der Waals surface area contributed by atoms with Gasteiger partial charge in [-0.15, -0.1) is 0 Å². The number of carbonyl (C=O) groups excluding carboxylic acids is 3. The minimum atomic E-state index is -3.45. The van der Waals surface area contributed by atoms with E-state index in [0.717, 1.165) is 35.8 Å². The fourth-order valence-corrected chi connectivity index (χ4v) is 7.11. The maximum absolute atomic E-state index is 13.6. The Morgan fingerprint density at radius 2 is 1.70 bits per heavy atom. The molecule has 8 nitrogen and oxygen atoms in total. The molecule has 3 atom stereocenters. The van der Waals surface area contributed by atoms with Crippen LogP contribution in [0, 0.1) is 11.3 Å². The molecule has 40 heavy (non-hydrogen) atoms. The lowest BCUT2D eigenvalue weighted by atomic mass is 9.71. The van der Waals surface area contributed by atoms with Crippen molar-refractivity contribution < 1.29 is 37.5 Å². The van der Waals surface area contributed by atoms with Crippen LogP contribution in [-0.2, 0) is 37.5 Å². The summed E-state index contributed by atoms with van der Waals surface area (Å²) in [6.45, 7) is 15.6. The van der Waals surface area contributed by atoms with Gasteiger partial charge in [0.1, 0.15) is 17.7 Å². The van der Waals surface area contributed by atoms with E-state index < -0.39 is 24.5 Å². The van der Waals surface area contributed by atoms with Crippen molar-refractivity contribution in [2.75, 3.05) is 19.8 Å². The van der Waals surface area contributed by atoms with Gasteiger partial charge in [0.05, 0.1) is 19.8 Å². The normalized spacial score (nSPS) is 24.4. The fraction of sp³-hybridized carbons (Fsp3) is 0.710. The van der Waals surface area contributed by atoms with Crippen LogP contribution < -0.4 is 0 Å². The van der Waals surface area contributed by atoms with Gasteiger partial charge in [-0.3, -0.25) is 14.2 Å². The topological polar surface area (TPSA) is 105 Å². The Morgan fingerprint density at radius 3 is 2.30 bits per heavy atom. The van der Waals surface area contributed by atoms with Crippen molar-refractivity contribution in [2.24, 2.45) is 11.3 Å². The Kier molecular flexibility index (Phi) is 12.8. The number of rotatable bonds is 16. The van der Waals surface area contributed by atoms with Crippen LogP contribution in [0.15, 0.2) is 34.6 Å². The number of hydrogen-bond acceptors (Lipinski definition) is 8. The SMILES string of the molecule is CCOP(=O)(OCC)C(C)C(=O)CC/C(C)=C/CC/C(C)=C/C[C@]1(C)C(=O)C2=C(CCOC(C)(C)O2)[C@H]1CC=O. The van der Waals surface area contributed by atoms with Gasteiger partial charge < -0.3 is 23.3 Å². The smallest absolute Gasteiger partial charge is 0.340 e. The van der Waals surface area contributed by atoms with Gasteiger partial charge in [0, 0.05) is 38.0 Å². The highest BCUT2D eigenvalue weighted by Crippen LogP contribution is 2.54. The first-order chi connectivity index (χ1) is 18.7. The predicted molar refractivity (Wildman–Crippen MR) is 156 cm³/mol. The maximum atomic E-state index is 13.6. The molecule has 0 saturated carbocycles. The summed E-state index contributed by atoms with van der Waals surface area (Å²) in [4.78, 5) is 37.8. The summed E-state index contributed by atoms with van der Waals surface area (Å²) in [5, 5.41) is 0. The summed E-state index contributed by atoms with van der Waals surface area (Å²) in [5.74, 6) is -0.876. The van der Waals surface area contributed by atoms with Gasteiger partial charge in [0.25, 0.3) is 0 Å². The van der Waals surface area contributed by atoms with Crippen LogP contribution in [0.2, 0.25) is 0 Å². The summed E-state index contributed by atoms with van der Waals surface area (Å²) < 4.78 is 35.3. The van der Waals surface area contributed by atoms with Crippen molar-refractivity contribution in [3.8, 4) is 0 Å². The Balaban J connectivity index is 1.96. The molecule has 0 N–H and O–H groups in total. The van der Waals surface area contributed by atoms with E-state index in [0.29, 0.717) is 31.6 Å². The molecule has 0 saturated heterocycles. The van der Waals surface area contributed by atoms with E-state index in [-0.39, 0.29) is 43.5 Å². The quantitative estimate of drug-likeness (QED) is 0.107. The van der Waals surface area contributed by atoms with Crippen LogP contribution in [0.3, 0.4) is 0 Å². The monoisotopic (exact) mass is 580 g/mol. The Labute approximate surface area is 240 Å². The minimum absolute atomic E-state index is 0.0511. The molecule has 9 heteroatoms. The van der Waals surface area contributed by atoms with Gasteiger partial charge in [-0.1, -0.05) is 30.2 Å². The maximum Gasteiger partial charge on any atom is 0.340 e. The van der Waals surface area contributed by atoms with E-state index in [1.54, 1.807) is 34.6 Å². The highest BCUT2D eigenvalue weighted by Gasteiger charge is 2.53. The van der Waals surface area contributed by atoms with Crippen molar-refractivity contribution in [3.05, 3.63) is 34.6 Å². The molecule has 0 aromatic carbocycles. The van der Waals surface area contributed by atoms with E-state index in [2.05, 4.69) is 19.1 Å². The Hall–Kier alpha value is -1.86. The molecule has 1 aliphatic carbocycles. The second-order valence-corrected chi connectivity index (χ2v) is 13.9. The van der Waals surface area contributed by atoms with Crippen LogP contribution in [0.5, 0.6) is 0 Å². The second kappa shape index (κ2) is 14.9. The average Bonchev–Trinajstić information content (AvgIpc) is 2.99. The van der Waals surface area contributed by atoms with Gasteiger partial charge in [0.2, 0.25) is 11.6 Å². The fourth-order valence-electron chi connectivity index (χ4n) is 5.38. The van der Waals surface area contributed by atoms with Gasteiger partial charge in [0.15, 0.2) is 5.76 Å². The van der Waals surface area contributed by atoms with E-state index in [1.165, 1.54) is 0 Å². The Bertz CT molecular complexity index is 1060. The lowest BCUT2D eigenvalue weighted by Gasteiger charge is -2.31. The largest absolute Gasteiger partial charge is 0.459 e. The van der Waals surface area contributed by atoms with E-state index in [9.17, 15) is 18.9 Å². The summed E-state index contributed by atoms with van der Waals surface area (Å²) >= 11 is 0. The van der Waals surface area contributed by atoms with Crippen LogP contribution in [0.1, 0.15) is 100 Å². The van der Waals surface area contributed by atoms with Gasteiger partial charge in [-0.2, -0.15) is 0 Å². The number of carbonyl (C=O) groups is 3. The zero-order valence-corrected chi connectivity index (χ0v) is 26.6. The molecular weight excluding hydrogens is 531 g/mol. The van der Waals surface area contributed by atoms with E-state index in [1.807, 2.05) is 13.8 Å². The predicted octanol–water partition coefficient (Wildman–Crippen LogP) is 7.27. The highest BCUT2D eigenvalue weighted by atomic mass is 31.2. The van der Waals surface area contributed by atoms with Crippen molar-refractivity contribution in [2.45, 2.75) is 112 Å². The van der Waals surface area contributed by atoms with Crippen LogP contribution >= 0.6 is 7.60 Å². The summed E-state index contributed by atoms with van der Waals surface area (Å²) in [5.41, 5.74) is 1.63. The first kappa shape index (κ1) is 34.3. The molecule has 2 rings (SSSR count). The van der Waals surface area contributed by atoms with Crippen molar-refractivity contribution in [3.63, 3.8) is 0 Å². The summed E-state index contributed by atoms with van der Waals surface area (Å²) in [7, 11) is -3.45. The number of ketones is 2. The molecule has 0 fully saturated rings. The standard InChI is InChI=1S/C31H49O8P/c1-9-37-40(35,38-10-2)24(5)27(33)15-14-22(3)12-11-13-23(4)16-19-31(8)26(17-20-32)25-18-21-36-30(6,7)39-28(25)29(31)34/h12,16,20,24,26H,9-11,13-15,17-19,21H2,1-8H3/b22-12+,23-16+/t24?,26-,31+/m1/s1. The van der Waals surface area contributed by atoms with Crippen LogP contribution in [-0.4, -0.2) is 49.1 Å². The van der Waals surface area contributed by atoms with Crippen LogP contribution in [0.25, 0.3) is 0 Å². The Morgan fingerprint density at radius 1 is 1.07 bits per heavy atom. The molecule has 0 spiro atoms. The third kappa shape index (κ3) is 8.58. The van der Waals surface area contributed by atoms with E-state index >= 15 is 0 Å². The third-order valence-corrected chi connectivity index (χ3v) is 10.4. The number of Topliss-reactive ketones (excluding diaryl/α,β-unsaturated/α-hetero) is 2. The first-order valence-corrected chi connectivity index (χ1v) is 16.1. The molecule has 0 aromatic rings. The second-order valence-electron chi connectivity index (χ2n) is 11.5. The average molecular weight is 581 g/mol. The van der Waals surface area contributed by atoms with Gasteiger partial charge in [-0.25, -0.2) is 0 Å². The lowest BCUT2D eigenvalue weighted by Crippen LogP contribution is -2.35. The molecule has 0 bridgehead atoms. The van der Waals surface area contributed by atoms with E-state index in [4.69, 9.17) is 18.5 Å². The lowest BCUT2D eigenvalue weighted by molar-refractivity contribution is -0.188. The molecular formula is C31H49O8P. The number of allylic oxidation sites excluding steroid dienone is 5. The zero-order valence-electron chi connectivity index (χ0n) is 25.7. The molecule has 0 radical (unpaired) electrons. The van der Waals surface area contributed by atoms with Crippen molar-refractivity contribution in [1.29, 1.82) is 0 Å². The molecule has 0 amide bonds. The van der Waals surface area contributed by atoms with Crippen LogP contribution in [0.4, 0.5) is 0 Å². The van der Waals surface area contributed by atoms with Crippen molar-refractivity contribution >= 4 is 25.4 Å². The molecule has 2 aliphatic rings. The summed E-state index contributed by atoms with van der Waals surface area (Å²) in [6.07, 6.45) is 9.01. The minimum Gasteiger partial charge on any atom is -0.459 e. The molecule has 1 unspecified atom stereocenters. The summed E-state index contributed by atoms with van der Waals surface area (Å²) in [6, 6.07) is 0. The number of aldehydes is 1. The molecule has 226 valence electrons. The van der Waals surface area contributed by atoms with Gasteiger partial charge in [-0.05, 0) is 72.3 Å². The number of hydrogen-bond donors (Lipinski definition) is 0. The zero-order chi connectivity index (χ0) is 30.1. The highest BCUT2D eigenvalue weighted by molar-refractivity contribution is 7.55.